The van der Waals surface area contributed by atoms with Crippen LogP contribution in [0.1, 0.15) is 39.5 Å². The highest BCUT2D eigenvalue weighted by Crippen LogP contribution is 2.30. The number of carbonyl (C=O) groups is 1. The Labute approximate surface area is 173 Å². The smallest absolute Gasteiger partial charge is 0.416 e. The van der Waals surface area contributed by atoms with Gasteiger partial charge in [-0.05, 0) is 47.5 Å². The van der Waals surface area contributed by atoms with Crippen molar-refractivity contribution in [1.29, 1.82) is 0 Å². The minimum absolute atomic E-state index is 0.108. The van der Waals surface area contributed by atoms with Crippen LogP contribution < -0.4 is 10.1 Å². The highest BCUT2D eigenvalue weighted by atomic mass is 19.4. The average molecular weight is 413 g/mol. The molecule has 156 valence electrons. The summed E-state index contributed by atoms with van der Waals surface area (Å²) in [6.45, 7) is 0.489. The molecule has 0 spiro atoms. The van der Waals surface area contributed by atoms with Crippen LogP contribution in [0.3, 0.4) is 0 Å². The third kappa shape index (κ3) is 5.70. The maximum Gasteiger partial charge on any atom is 0.416 e. The lowest BCUT2D eigenvalue weighted by atomic mass is 9.96. The summed E-state index contributed by atoms with van der Waals surface area (Å²) in [5.74, 6) is 0.538. The molecule has 3 aromatic carbocycles. The quantitative estimate of drug-likeness (QED) is 0.473. The lowest BCUT2D eigenvalue weighted by molar-refractivity contribution is -0.137. The number of Topliss-reactive ketones (excluding diaryl/α,β-unsaturated/α-hetero) is 1. The fourth-order valence-electron chi connectivity index (χ4n) is 3.13. The Balaban J connectivity index is 1.79. The molecule has 0 amide bonds. The van der Waals surface area contributed by atoms with Gasteiger partial charge in [-0.1, -0.05) is 42.5 Å². The molecule has 0 aliphatic heterocycles. The van der Waals surface area contributed by atoms with Gasteiger partial charge in [0.1, 0.15) is 5.75 Å². The molecule has 3 rings (SSSR count). The molecular formula is C24H22F3NO2. The maximum atomic E-state index is 12.9. The van der Waals surface area contributed by atoms with E-state index in [0.717, 1.165) is 17.7 Å². The summed E-state index contributed by atoms with van der Waals surface area (Å²) in [5, 5.41) is 3.31. The van der Waals surface area contributed by atoms with Gasteiger partial charge < -0.3 is 10.1 Å². The second kappa shape index (κ2) is 9.59. The number of halogens is 3. The highest BCUT2D eigenvalue weighted by molar-refractivity contribution is 5.96. The molecule has 3 nitrogen and oxygen atoms in total. The maximum absolute atomic E-state index is 12.9. The lowest BCUT2D eigenvalue weighted by Gasteiger charge is -2.20. The summed E-state index contributed by atoms with van der Waals surface area (Å²) < 4.78 is 43.8. The molecule has 6 heteroatoms. The molecule has 0 aliphatic carbocycles. The molecule has 1 unspecified atom stereocenters. The average Bonchev–Trinajstić information content (AvgIpc) is 2.76. The van der Waals surface area contributed by atoms with E-state index >= 15 is 0 Å². The molecule has 30 heavy (non-hydrogen) atoms. The van der Waals surface area contributed by atoms with Crippen molar-refractivity contribution in [2.24, 2.45) is 0 Å². The van der Waals surface area contributed by atoms with Gasteiger partial charge in [0.2, 0.25) is 0 Å². The zero-order valence-corrected chi connectivity index (χ0v) is 16.4. The monoisotopic (exact) mass is 413 g/mol. The zero-order valence-electron chi connectivity index (χ0n) is 16.4. The first-order valence-electron chi connectivity index (χ1n) is 9.48. The largest absolute Gasteiger partial charge is 0.497 e. The van der Waals surface area contributed by atoms with Crippen LogP contribution in [-0.4, -0.2) is 12.9 Å². The van der Waals surface area contributed by atoms with Crippen molar-refractivity contribution in [1.82, 2.24) is 5.32 Å². The van der Waals surface area contributed by atoms with Gasteiger partial charge in [0, 0.05) is 24.6 Å². The summed E-state index contributed by atoms with van der Waals surface area (Å²) in [7, 11) is 1.55. The third-order valence-electron chi connectivity index (χ3n) is 4.84. The van der Waals surface area contributed by atoms with E-state index in [2.05, 4.69) is 5.32 Å². The van der Waals surface area contributed by atoms with E-state index in [1.54, 1.807) is 31.4 Å². The number of hydrogen-bond donors (Lipinski definition) is 1. The topological polar surface area (TPSA) is 38.3 Å². The first kappa shape index (κ1) is 21.6. The minimum Gasteiger partial charge on any atom is -0.497 e. The first-order valence-corrected chi connectivity index (χ1v) is 9.48. The Morgan fingerprint density at radius 2 is 1.57 bits per heavy atom. The van der Waals surface area contributed by atoms with Crippen molar-refractivity contribution < 1.29 is 22.7 Å². The summed E-state index contributed by atoms with van der Waals surface area (Å²) in [5.41, 5.74) is 1.45. The summed E-state index contributed by atoms with van der Waals surface area (Å²) in [6, 6.07) is 20.9. The van der Waals surface area contributed by atoms with Crippen LogP contribution >= 0.6 is 0 Å². The van der Waals surface area contributed by atoms with E-state index in [1.807, 2.05) is 30.3 Å². The summed E-state index contributed by atoms with van der Waals surface area (Å²) in [6.07, 6.45) is -4.28. The van der Waals surface area contributed by atoms with Gasteiger partial charge in [-0.3, -0.25) is 4.79 Å². The second-order valence-corrected chi connectivity index (χ2v) is 6.89. The standard InChI is InChI=1S/C24H22F3NO2/c1-30-21-13-9-19(10-14-21)23(29)15-22(28-16-17-5-3-2-4-6-17)18-7-11-20(12-8-18)24(25,26)27/h2-14,22,28H,15-16H2,1H3. The van der Waals surface area contributed by atoms with E-state index in [9.17, 15) is 18.0 Å². The van der Waals surface area contributed by atoms with E-state index in [-0.39, 0.29) is 12.2 Å². The number of nitrogens with one attached hydrogen (secondary N) is 1. The summed E-state index contributed by atoms with van der Waals surface area (Å²) in [4.78, 5) is 12.8. The molecule has 0 radical (unpaired) electrons. The molecule has 0 bridgehead atoms. The predicted molar refractivity (Wildman–Crippen MR) is 109 cm³/mol. The van der Waals surface area contributed by atoms with Crippen molar-refractivity contribution in [2.75, 3.05) is 7.11 Å². The fourth-order valence-corrected chi connectivity index (χ4v) is 3.13. The second-order valence-electron chi connectivity index (χ2n) is 6.89. The van der Waals surface area contributed by atoms with Gasteiger partial charge in [0.05, 0.1) is 12.7 Å². The van der Waals surface area contributed by atoms with Gasteiger partial charge in [0.15, 0.2) is 5.78 Å². The Kier molecular flexibility index (Phi) is 6.90. The lowest BCUT2D eigenvalue weighted by Crippen LogP contribution is -2.24. The van der Waals surface area contributed by atoms with Crippen LogP contribution in [0.15, 0.2) is 78.9 Å². The molecule has 0 saturated carbocycles. The van der Waals surface area contributed by atoms with Crippen LogP contribution in [0.2, 0.25) is 0 Å². The van der Waals surface area contributed by atoms with Crippen molar-refractivity contribution in [3.63, 3.8) is 0 Å². The predicted octanol–water partition coefficient (Wildman–Crippen LogP) is 5.82. The molecule has 0 heterocycles. The number of benzene rings is 3. The van der Waals surface area contributed by atoms with Crippen molar-refractivity contribution in [3.8, 4) is 5.75 Å². The van der Waals surface area contributed by atoms with E-state index in [1.165, 1.54) is 12.1 Å². The fraction of sp³-hybridized carbons (Fsp3) is 0.208. The Morgan fingerprint density at radius 3 is 2.13 bits per heavy atom. The van der Waals surface area contributed by atoms with Crippen LogP contribution in [-0.2, 0) is 12.7 Å². The number of ketones is 1. The van der Waals surface area contributed by atoms with Crippen molar-refractivity contribution in [2.45, 2.75) is 25.2 Å². The minimum atomic E-state index is -4.40. The molecule has 0 fully saturated rings. The number of ether oxygens (including phenoxy) is 1. The van der Waals surface area contributed by atoms with Crippen LogP contribution in [0.4, 0.5) is 13.2 Å². The first-order chi connectivity index (χ1) is 14.4. The number of carbonyl (C=O) groups excluding carboxylic acids is 1. The molecule has 1 atom stereocenters. The Morgan fingerprint density at radius 1 is 0.933 bits per heavy atom. The Hall–Kier alpha value is -3.12. The van der Waals surface area contributed by atoms with Gasteiger partial charge in [-0.25, -0.2) is 0 Å². The van der Waals surface area contributed by atoms with E-state index < -0.39 is 17.8 Å². The van der Waals surface area contributed by atoms with Crippen LogP contribution in [0, 0.1) is 0 Å². The van der Waals surface area contributed by atoms with Crippen LogP contribution in [0.25, 0.3) is 0 Å². The van der Waals surface area contributed by atoms with Crippen molar-refractivity contribution in [3.05, 3.63) is 101 Å². The molecule has 0 saturated heterocycles. The van der Waals surface area contributed by atoms with E-state index in [4.69, 9.17) is 4.74 Å². The van der Waals surface area contributed by atoms with Gasteiger partial charge in [0.25, 0.3) is 0 Å². The van der Waals surface area contributed by atoms with E-state index in [0.29, 0.717) is 23.4 Å². The SMILES string of the molecule is COc1ccc(C(=O)CC(NCc2ccccc2)c2ccc(C(F)(F)F)cc2)cc1. The Bertz CT molecular complexity index is 952. The molecule has 3 aromatic rings. The molecule has 0 aromatic heterocycles. The van der Waals surface area contributed by atoms with Gasteiger partial charge in [-0.2, -0.15) is 13.2 Å². The third-order valence-corrected chi connectivity index (χ3v) is 4.84. The number of hydrogen-bond acceptors (Lipinski definition) is 3. The number of alkyl halides is 3. The number of methoxy groups -OCH3 is 1. The normalized spacial score (nSPS) is 12.4. The van der Waals surface area contributed by atoms with Gasteiger partial charge in [-0.15, -0.1) is 0 Å². The highest BCUT2D eigenvalue weighted by Gasteiger charge is 2.30. The van der Waals surface area contributed by atoms with Gasteiger partial charge >= 0.3 is 6.18 Å². The molecule has 0 aliphatic rings. The molecular weight excluding hydrogens is 391 g/mol. The summed E-state index contributed by atoms with van der Waals surface area (Å²) >= 11 is 0. The molecule has 1 N–H and O–H groups in total. The van der Waals surface area contributed by atoms with Crippen LogP contribution in [0.5, 0.6) is 5.75 Å². The zero-order chi connectivity index (χ0) is 21.6. The number of rotatable bonds is 8. The van der Waals surface area contributed by atoms with Crippen molar-refractivity contribution >= 4 is 5.78 Å².